The summed E-state index contributed by atoms with van der Waals surface area (Å²) in [7, 11) is 0. The number of carboxylic acids is 2. The van der Waals surface area contributed by atoms with Crippen LogP contribution in [0, 0.1) is 11.3 Å². The van der Waals surface area contributed by atoms with Crippen LogP contribution in [0.15, 0.2) is 52.3 Å². The molecular formula is C16H11NO4S. The fraction of sp³-hybridized carbons (Fsp3) is 0.0625. The van der Waals surface area contributed by atoms with Crippen LogP contribution in [-0.2, 0) is 11.2 Å². The largest absolute Gasteiger partial charge is 0.481 e. The van der Waals surface area contributed by atoms with Gasteiger partial charge in [0, 0.05) is 9.79 Å². The Labute approximate surface area is 130 Å². The molecule has 0 aliphatic carbocycles. The van der Waals surface area contributed by atoms with Crippen LogP contribution in [0.3, 0.4) is 0 Å². The molecule has 0 aliphatic heterocycles. The summed E-state index contributed by atoms with van der Waals surface area (Å²) in [5.41, 5.74) is 0.791. The lowest BCUT2D eigenvalue weighted by Crippen LogP contribution is -2.00. The van der Waals surface area contributed by atoms with Gasteiger partial charge in [-0.3, -0.25) is 4.79 Å². The van der Waals surface area contributed by atoms with E-state index in [1.165, 1.54) is 23.9 Å². The molecule has 0 radical (unpaired) electrons. The van der Waals surface area contributed by atoms with Gasteiger partial charge >= 0.3 is 11.9 Å². The van der Waals surface area contributed by atoms with Crippen molar-refractivity contribution >= 4 is 23.7 Å². The molecule has 2 N–H and O–H groups in total. The summed E-state index contributed by atoms with van der Waals surface area (Å²) in [6.07, 6.45) is -0.0309. The van der Waals surface area contributed by atoms with Gasteiger partial charge in [0.05, 0.1) is 17.5 Å². The van der Waals surface area contributed by atoms with Crippen LogP contribution in [0.2, 0.25) is 0 Å². The van der Waals surface area contributed by atoms with Crippen LogP contribution in [0.5, 0.6) is 0 Å². The molecule has 2 rings (SSSR count). The van der Waals surface area contributed by atoms with Gasteiger partial charge in [-0.1, -0.05) is 23.9 Å². The van der Waals surface area contributed by atoms with E-state index in [1.54, 1.807) is 30.3 Å². The number of nitriles is 1. The lowest BCUT2D eigenvalue weighted by atomic mass is 10.1. The van der Waals surface area contributed by atoms with Gasteiger partial charge in [0.15, 0.2) is 0 Å². The van der Waals surface area contributed by atoms with Crippen LogP contribution in [0.1, 0.15) is 21.5 Å². The molecule has 0 saturated heterocycles. The second-order valence-corrected chi connectivity index (χ2v) is 5.59. The van der Waals surface area contributed by atoms with Crippen LogP contribution in [0.4, 0.5) is 0 Å². The van der Waals surface area contributed by atoms with E-state index < -0.39 is 11.9 Å². The molecule has 0 amide bonds. The third kappa shape index (κ3) is 3.87. The van der Waals surface area contributed by atoms with Crippen LogP contribution >= 0.6 is 11.8 Å². The van der Waals surface area contributed by atoms with Gasteiger partial charge in [-0.25, -0.2) is 4.79 Å². The Morgan fingerprint density at radius 2 is 1.68 bits per heavy atom. The summed E-state index contributed by atoms with van der Waals surface area (Å²) in [6, 6.07) is 13.5. The first-order chi connectivity index (χ1) is 10.5. The summed E-state index contributed by atoms with van der Waals surface area (Å²) < 4.78 is 0. The molecule has 6 heteroatoms. The average Bonchev–Trinajstić information content (AvgIpc) is 2.48. The number of carbonyl (C=O) groups is 2. The molecule has 110 valence electrons. The second kappa shape index (κ2) is 6.78. The van der Waals surface area contributed by atoms with Crippen molar-refractivity contribution in [3.63, 3.8) is 0 Å². The Kier molecular flexibility index (Phi) is 4.81. The van der Waals surface area contributed by atoms with E-state index in [9.17, 15) is 9.59 Å². The van der Waals surface area contributed by atoms with Crippen molar-refractivity contribution < 1.29 is 19.8 Å². The van der Waals surface area contributed by atoms with E-state index in [0.29, 0.717) is 5.56 Å². The van der Waals surface area contributed by atoms with E-state index in [0.717, 1.165) is 9.79 Å². The fourth-order valence-electron chi connectivity index (χ4n) is 1.85. The Morgan fingerprint density at radius 1 is 1.05 bits per heavy atom. The molecule has 2 aromatic rings. The van der Waals surface area contributed by atoms with E-state index in [4.69, 9.17) is 15.5 Å². The molecule has 0 heterocycles. The summed E-state index contributed by atoms with van der Waals surface area (Å²) in [6.45, 7) is 0. The third-order valence-electron chi connectivity index (χ3n) is 2.86. The highest BCUT2D eigenvalue weighted by molar-refractivity contribution is 7.99. The summed E-state index contributed by atoms with van der Waals surface area (Å²) in [5.74, 6) is -2.02. The first-order valence-corrected chi connectivity index (χ1v) is 7.07. The predicted molar refractivity (Wildman–Crippen MR) is 80.0 cm³/mol. The maximum Gasteiger partial charge on any atom is 0.337 e. The highest BCUT2D eigenvalue weighted by Gasteiger charge is 2.11. The van der Waals surface area contributed by atoms with Crippen molar-refractivity contribution in [2.75, 3.05) is 0 Å². The van der Waals surface area contributed by atoms with Gasteiger partial charge in [0.2, 0.25) is 0 Å². The third-order valence-corrected chi connectivity index (χ3v) is 3.85. The SMILES string of the molecule is N#Cc1cc(Sc2ccc(CC(=O)O)cc2)ccc1C(=O)O. The highest BCUT2D eigenvalue weighted by Crippen LogP contribution is 2.29. The quantitative estimate of drug-likeness (QED) is 0.880. The average molecular weight is 313 g/mol. The number of aliphatic carboxylic acids is 1. The molecule has 0 aromatic heterocycles. The number of hydrogen-bond donors (Lipinski definition) is 2. The normalized spacial score (nSPS) is 9.95. The molecule has 0 saturated carbocycles. The molecule has 5 nitrogen and oxygen atoms in total. The van der Waals surface area contributed by atoms with Crippen LogP contribution < -0.4 is 0 Å². The first-order valence-electron chi connectivity index (χ1n) is 6.25. The Balaban J connectivity index is 2.19. The molecule has 22 heavy (non-hydrogen) atoms. The zero-order valence-corrected chi connectivity index (χ0v) is 12.1. The van der Waals surface area contributed by atoms with Gasteiger partial charge in [-0.05, 0) is 35.9 Å². The number of hydrogen-bond acceptors (Lipinski definition) is 4. The van der Waals surface area contributed by atoms with E-state index in [2.05, 4.69) is 0 Å². The maximum absolute atomic E-state index is 11.0. The summed E-state index contributed by atoms with van der Waals surface area (Å²) in [5, 5.41) is 26.7. The predicted octanol–water partition coefficient (Wildman–Crippen LogP) is 3.03. The van der Waals surface area contributed by atoms with Crippen molar-refractivity contribution in [2.24, 2.45) is 0 Å². The Hall–Kier alpha value is -2.78. The molecule has 0 bridgehead atoms. The van der Waals surface area contributed by atoms with Gasteiger partial charge in [-0.15, -0.1) is 0 Å². The lowest BCUT2D eigenvalue weighted by molar-refractivity contribution is -0.136. The van der Waals surface area contributed by atoms with Crippen LogP contribution in [-0.4, -0.2) is 22.2 Å². The van der Waals surface area contributed by atoms with Gasteiger partial charge in [0.25, 0.3) is 0 Å². The minimum atomic E-state index is -1.13. The molecule has 0 atom stereocenters. The Morgan fingerprint density at radius 3 is 2.23 bits per heavy atom. The number of rotatable bonds is 5. The van der Waals surface area contributed by atoms with Crippen molar-refractivity contribution in [2.45, 2.75) is 16.2 Å². The summed E-state index contributed by atoms with van der Waals surface area (Å²) >= 11 is 1.37. The monoisotopic (exact) mass is 313 g/mol. The number of benzene rings is 2. The van der Waals surface area contributed by atoms with Gasteiger partial charge in [0.1, 0.15) is 6.07 Å². The van der Waals surface area contributed by atoms with Crippen LogP contribution in [0.25, 0.3) is 0 Å². The minimum Gasteiger partial charge on any atom is -0.481 e. The maximum atomic E-state index is 11.0. The van der Waals surface area contributed by atoms with Crippen molar-refractivity contribution in [3.8, 4) is 6.07 Å². The molecule has 0 aliphatic rings. The zero-order chi connectivity index (χ0) is 16.1. The van der Waals surface area contributed by atoms with E-state index >= 15 is 0 Å². The molecule has 0 spiro atoms. The number of aromatic carboxylic acids is 1. The number of nitrogens with zero attached hydrogens (tertiary/aromatic N) is 1. The highest BCUT2D eigenvalue weighted by atomic mass is 32.2. The van der Waals surface area contributed by atoms with Crippen molar-refractivity contribution in [1.29, 1.82) is 5.26 Å². The van der Waals surface area contributed by atoms with Crippen molar-refractivity contribution in [1.82, 2.24) is 0 Å². The van der Waals surface area contributed by atoms with E-state index in [1.807, 2.05) is 6.07 Å². The van der Waals surface area contributed by atoms with Gasteiger partial charge in [-0.2, -0.15) is 5.26 Å². The zero-order valence-electron chi connectivity index (χ0n) is 11.3. The number of carboxylic acid groups (broad SMARTS) is 2. The summed E-state index contributed by atoms with van der Waals surface area (Å²) in [4.78, 5) is 23.2. The van der Waals surface area contributed by atoms with E-state index in [-0.39, 0.29) is 17.5 Å². The topological polar surface area (TPSA) is 98.4 Å². The lowest BCUT2D eigenvalue weighted by Gasteiger charge is -2.05. The standard InChI is InChI=1S/C16H11NO4S/c17-9-11-8-13(5-6-14(11)16(20)21)22-12-3-1-10(2-4-12)7-15(18)19/h1-6,8H,7H2,(H,18,19)(H,20,21). The smallest absolute Gasteiger partial charge is 0.337 e. The Bertz CT molecular complexity index is 763. The molecule has 0 fully saturated rings. The fourth-order valence-corrected chi connectivity index (χ4v) is 2.71. The minimum absolute atomic E-state index is 0.0244. The van der Waals surface area contributed by atoms with Gasteiger partial charge < -0.3 is 10.2 Å². The first kappa shape index (κ1) is 15.6. The molecule has 0 unspecified atom stereocenters. The van der Waals surface area contributed by atoms with Crippen molar-refractivity contribution in [3.05, 3.63) is 59.2 Å². The second-order valence-electron chi connectivity index (χ2n) is 4.44. The molecule has 2 aromatic carbocycles. The molecular weight excluding hydrogens is 302 g/mol.